The van der Waals surface area contributed by atoms with E-state index < -0.39 is 0 Å². The lowest BCUT2D eigenvalue weighted by molar-refractivity contribution is 0.877. The van der Waals surface area contributed by atoms with Gasteiger partial charge >= 0.3 is 0 Å². The summed E-state index contributed by atoms with van der Waals surface area (Å²) in [4.78, 5) is 4.34. The van der Waals surface area contributed by atoms with Crippen molar-refractivity contribution in [2.24, 2.45) is 0 Å². The van der Waals surface area contributed by atoms with Gasteiger partial charge in [0.1, 0.15) is 5.82 Å². The zero-order valence-corrected chi connectivity index (χ0v) is 11.0. The van der Waals surface area contributed by atoms with Gasteiger partial charge in [-0.15, -0.1) is 10.2 Å². The monoisotopic (exact) mass is 259 g/mol. The first-order valence-electron chi connectivity index (χ1n) is 5.70. The molecule has 0 aromatic carbocycles. The zero-order chi connectivity index (χ0) is 12.5. The summed E-state index contributed by atoms with van der Waals surface area (Å²) in [5.41, 5.74) is 2.01. The van der Waals surface area contributed by atoms with Crippen LogP contribution in [-0.4, -0.2) is 19.6 Å². The minimum atomic E-state index is 0.201. The van der Waals surface area contributed by atoms with Crippen LogP contribution in [0.3, 0.4) is 0 Å². The van der Waals surface area contributed by atoms with E-state index in [-0.39, 0.29) is 6.04 Å². The van der Waals surface area contributed by atoms with Gasteiger partial charge in [0, 0.05) is 12.4 Å². The lowest BCUT2D eigenvalue weighted by atomic mass is 10.2. The van der Waals surface area contributed by atoms with Crippen LogP contribution in [-0.2, 0) is 0 Å². The van der Waals surface area contributed by atoms with Gasteiger partial charge in [0.15, 0.2) is 5.82 Å². The molecule has 1 atom stereocenters. The van der Waals surface area contributed by atoms with Crippen molar-refractivity contribution in [3.05, 3.63) is 40.6 Å². The Balaban J connectivity index is 1.95. The highest BCUT2D eigenvalue weighted by atomic mass is 32.1. The molecule has 92 valence electrons. The summed E-state index contributed by atoms with van der Waals surface area (Å²) < 4.78 is 1.93. The fourth-order valence-electron chi connectivity index (χ4n) is 1.85. The molecule has 0 spiro atoms. The van der Waals surface area contributed by atoms with Crippen LogP contribution in [0.5, 0.6) is 0 Å². The molecule has 0 bridgehead atoms. The Hall–Kier alpha value is -1.95. The van der Waals surface area contributed by atoms with Gasteiger partial charge in [-0.3, -0.25) is 4.40 Å². The molecule has 0 aliphatic rings. The molecular weight excluding hydrogens is 246 g/mol. The van der Waals surface area contributed by atoms with Crippen molar-refractivity contribution in [2.45, 2.75) is 19.9 Å². The van der Waals surface area contributed by atoms with Crippen LogP contribution in [0.15, 0.2) is 29.2 Å². The van der Waals surface area contributed by atoms with E-state index in [1.165, 1.54) is 5.56 Å². The van der Waals surface area contributed by atoms with Crippen molar-refractivity contribution in [1.29, 1.82) is 0 Å². The van der Waals surface area contributed by atoms with Gasteiger partial charge in [-0.1, -0.05) is 0 Å². The molecule has 0 saturated carbocycles. The summed E-state index contributed by atoms with van der Waals surface area (Å²) in [6, 6.07) is 2.31. The van der Waals surface area contributed by atoms with Crippen LogP contribution in [0, 0.1) is 6.92 Å². The van der Waals surface area contributed by atoms with Gasteiger partial charge in [-0.25, -0.2) is 4.98 Å². The highest BCUT2D eigenvalue weighted by Gasteiger charge is 2.11. The number of rotatable bonds is 3. The molecule has 0 saturated heterocycles. The molecule has 3 aromatic rings. The third kappa shape index (κ3) is 1.84. The minimum Gasteiger partial charge on any atom is -0.360 e. The lowest BCUT2D eigenvalue weighted by Gasteiger charge is -2.13. The minimum absolute atomic E-state index is 0.201. The fraction of sp³-hybridized carbons (Fsp3) is 0.250. The number of aromatic nitrogens is 4. The second-order valence-electron chi connectivity index (χ2n) is 4.14. The van der Waals surface area contributed by atoms with Gasteiger partial charge in [-0.05, 0) is 36.2 Å². The molecule has 3 aromatic heterocycles. The van der Waals surface area contributed by atoms with E-state index >= 15 is 0 Å². The van der Waals surface area contributed by atoms with Crippen molar-refractivity contribution in [2.75, 3.05) is 5.32 Å². The number of nitrogens with one attached hydrogen (secondary N) is 1. The Morgan fingerprint density at radius 1 is 1.39 bits per heavy atom. The molecule has 0 aliphatic carbocycles. The van der Waals surface area contributed by atoms with Crippen molar-refractivity contribution >= 4 is 22.8 Å². The normalized spacial score (nSPS) is 12.8. The van der Waals surface area contributed by atoms with E-state index in [0.29, 0.717) is 0 Å². The summed E-state index contributed by atoms with van der Waals surface area (Å²) in [6.07, 6.45) is 3.62. The molecule has 18 heavy (non-hydrogen) atoms. The molecule has 1 N–H and O–H groups in total. The maximum Gasteiger partial charge on any atom is 0.203 e. The Morgan fingerprint density at radius 2 is 2.28 bits per heavy atom. The van der Waals surface area contributed by atoms with Gasteiger partial charge in [-0.2, -0.15) is 11.3 Å². The van der Waals surface area contributed by atoms with E-state index in [2.05, 4.69) is 44.2 Å². The number of hydrogen-bond acceptors (Lipinski definition) is 5. The van der Waals surface area contributed by atoms with Gasteiger partial charge in [0.2, 0.25) is 5.65 Å². The third-order valence-corrected chi connectivity index (χ3v) is 3.60. The van der Waals surface area contributed by atoms with Crippen LogP contribution in [0.25, 0.3) is 5.65 Å². The molecule has 6 heteroatoms. The molecule has 5 nitrogen and oxygen atoms in total. The van der Waals surface area contributed by atoms with Gasteiger partial charge in [0.25, 0.3) is 0 Å². The third-order valence-electron chi connectivity index (χ3n) is 2.89. The van der Waals surface area contributed by atoms with Crippen LogP contribution in [0.2, 0.25) is 0 Å². The Labute approximate surface area is 109 Å². The first-order valence-corrected chi connectivity index (χ1v) is 6.65. The van der Waals surface area contributed by atoms with Crippen LogP contribution in [0.4, 0.5) is 5.82 Å². The number of anilines is 1. The second kappa shape index (κ2) is 4.38. The van der Waals surface area contributed by atoms with Gasteiger partial charge in [0.05, 0.1) is 6.04 Å². The highest BCUT2D eigenvalue weighted by molar-refractivity contribution is 7.07. The largest absolute Gasteiger partial charge is 0.360 e. The Bertz CT molecular complexity index is 658. The maximum absolute atomic E-state index is 4.34. The Morgan fingerprint density at radius 3 is 3.06 bits per heavy atom. The average Bonchev–Trinajstić information content (AvgIpc) is 3.00. The SMILES string of the molecule is Cc1nnc2c(NC(C)c3ccsc3)nccn12. The number of fused-ring (bicyclic) bond motifs is 1. The van der Waals surface area contributed by atoms with E-state index in [9.17, 15) is 0 Å². The highest BCUT2D eigenvalue weighted by Crippen LogP contribution is 2.22. The topological polar surface area (TPSA) is 55.1 Å². The molecule has 1 unspecified atom stereocenters. The zero-order valence-electron chi connectivity index (χ0n) is 10.2. The predicted molar refractivity (Wildman–Crippen MR) is 71.9 cm³/mol. The van der Waals surface area contributed by atoms with E-state index in [1.807, 2.05) is 17.5 Å². The standard InChI is InChI=1S/C12H13N5S/c1-8(10-3-6-18-7-10)14-11-12-16-15-9(2)17(12)5-4-13-11/h3-8H,1-2H3,(H,13,14). The number of aryl methyl sites for hydroxylation is 1. The summed E-state index contributed by atoms with van der Waals surface area (Å²) in [7, 11) is 0. The predicted octanol–water partition coefficient (Wildman–Crippen LogP) is 2.67. The quantitative estimate of drug-likeness (QED) is 0.785. The van der Waals surface area contributed by atoms with Gasteiger partial charge < -0.3 is 5.32 Å². The average molecular weight is 259 g/mol. The summed E-state index contributed by atoms with van der Waals surface area (Å²) >= 11 is 1.69. The Kier molecular flexibility index (Phi) is 2.71. The summed E-state index contributed by atoms with van der Waals surface area (Å²) in [5.74, 6) is 1.62. The lowest BCUT2D eigenvalue weighted by Crippen LogP contribution is -2.08. The molecule has 0 amide bonds. The smallest absolute Gasteiger partial charge is 0.203 e. The summed E-state index contributed by atoms with van der Waals surface area (Å²) in [5, 5.41) is 15.8. The number of hydrogen-bond donors (Lipinski definition) is 1. The fourth-order valence-corrected chi connectivity index (χ4v) is 2.61. The van der Waals surface area contributed by atoms with Crippen molar-refractivity contribution in [3.8, 4) is 0 Å². The van der Waals surface area contributed by atoms with E-state index in [0.717, 1.165) is 17.3 Å². The van der Waals surface area contributed by atoms with Crippen LogP contribution >= 0.6 is 11.3 Å². The molecule has 0 radical (unpaired) electrons. The van der Waals surface area contributed by atoms with Crippen molar-refractivity contribution < 1.29 is 0 Å². The van der Waals surface area contributed by atoms with E-state index in [1.54, 1.807) is 17.5 Å². The van der Waals surface area contributed by atoms with Crippen molar-refractivity contribution in [3.63, 3.8) is 0 Å². The molecular formula is C12H13N5S. The molecule has 3 heterocycles. The number of thiophene rings is 1. The van der Waals surface area contributed by atoms with Crippen LogP contribution in [0.1, 0.15) is 24.4 Å². The molecule has 0 aliphatic heterocycles. The first kappa shape index (κ1) is 11.2. The second-order valence-corrected chi connectivity index (χ2v) is 4.92. The number of nitrogens with zero attached hydrogens (tertiary/aromatic N) is 4. The van der Waals surface area contributed by atoms with E-state index in [4.69, 9.17) is 0 Å². The molecule has 3 rings (SSSR count). The maximum atomic E-state index is 4.34. The first-order chi connectivity index (χ1) is 8.75. The van der Waals surface area contributed by atoms with Crippen molar-refractivity contribution in [1.82, 2.24) is 19.6 Å². The summed E-state index contributed by atoms with van der Waals surface area (Å²) in [6.45, 7) is 4.03. The molecule has 0 fully saturated rings. The van der Waals surface area contributed by atoms with Crippen LogP contribution < -0.4 is 5.32 Å².